The topological polar surface area (TPSA) is 97.4 Å². The standard InChI is InChI=1S/C12H13N3O4/c1-8-2-5-19-10(8)11(16)13-3-4-15-6-9(12(17)18)14-7-15/h2,5-7H,3-4H2,1H3,(H,13,16)(H,17,18). The average Bonchev–Trinajstić information content (AvgIpc) is 2.97. The highest BCUT2D eigenvalue weighted by molar-refractivity contribution is 5.92. The van der Waals surface area contributed by atoms with E-state index in [9.17, 15) is 9.59 Å². The Balaban J connectivity index is 1.85. The molecule has 7 heteroatoms. The SMILES string of the molecule is Cc1ccoc1C(=O)NCCn1cnc(C(=O)O)c1. The minimum atomic E-state index is -1.08. The van der Waals surface area contributed by atoms with Crippen molar-refractivity contribution in [3.8, 4) is 0 Å². The molecule has 0 aromatic carbocycles. The molecule has 0 bridgehead atoms. The average molecular weight is 263 g/mol. The van der Waals surface area contributed by atoms with Crippen molar-refractivity contribution in [2.75, 3.05) is 6.54 Å². The highest BCUT2D eigenvalue weighted by atomic mass is 16.4. The fraction of sp³-hybridized carbons (Fsp3) is 0.250. The molecular formula is C12H13N3O4. The van der Waals surface area contributed by atoms with Gasteiger partial charge in [0.05, 0.1) is 12.6 Å². The fourth-order valence-electron chi connectivity index (χ4n) is 1.58. The van der Waals surface area contributed by atoms with E-state index in [1.807, 2.05) is 0 Å². The molecule has 0 spiro atoms. The summed E-state index contributed by atoms with van der Waals surface area (Å²) >= 11 is 0. The van der Waals surface area contributed by atoms with E-state index in [0.717, 1.165) is 5.56 Å². The first kappa shape index (κ1) is 12.9. The van der Waals surface area contributed by atoms with Crippen LogP contribution in [0.5, 0.6) is 0 Å². The molecule has 2 rings (SSSR count). The van der Waals surface area contributed by atoms with Crippen molar-refractivity contribution < 1.29 is 19.1 Å². The van der Waals surface area contributed by atoms with E-state index >= 15 is 0 Å². The number of nitrogens with zero attached hydrogens (tertiary/aromatic N) is 2. The minimum Gasteiger partial charge on any atom is -0.476 e. The lowest BCUT2D eigenvalue weighted by atomic mass is 10.3. The van der Waals surface area contributed by atoms with Crippen LogP contribution in [0, 0.1) is 6.92 Å². The minimum absolute atomic E-state index is 0.0202. The van der Waals surface area contributed by atoms with Crippen LogP contribution in [-0.4, -0.2) is 33.1 Å². The summed E-state index contributed by atoms with van der Waals surface area (Å²) in [5.41, 5.74) is 0.751. The van der Waals surface area contributed by atoms with Crippen LogP contribution in [0.3, 0.4) is 0 Å². The number of carbonyl (C=O) groups excluding carboxylic acids is 1. The van der Waals surface area contributed by atoms with Gasteiger partial charge in [-0.05, 0) is 13.0 Å². The maximum absolute atomic E-state index is 11.7. The number of hydrogen-bond acceptors (Lipinski definition) is 4. The number of aromatic nitrogens is 2. The number of furan rings is 1. The summed E-state index contributed by atoms with van der Waals surface area (Å²) in [6, 6.07) is 1.71. The molecule has 1 amide bonds. The number of aryl methyl sites for hydroxylation is 1. The molecule has 0 fully saturated rings. The third-order valence-corrected chi connectivity index (χ3v) is 2.58. The Morgan fingerprint density at radius 3 is 2.89 bits per heavy atom. The van der Waals surface area contributed by atoms with E-state index in [4.69, 9.17) is 9.52 Å². The van der Waals surface area contributed by atoms with E-state index in [0.29, 0.717) is 13.1 Å². The molecular weight excluding hydrogens is 250 g/mol. The summed E-state index contributed by atoms with van der Waals surface area (Å²) in [5.74, 6) is -1.08. The van der Waals surface area contributed by atoms with Crippen molar-refractivity contribution in [2.24, 2.45) is 0 Å². The smallest absolute Gasteiger partial charge is 0.356 e. The molecule has 2 aromatic rings. The number of carbonyl (C=O) groups is 2. The maximum atomic E-state index is 11.7. The Bertz CT molecular complexity index is 600. The molecule has 0 saturated carbocycles. The largest absolute Gasteiger partial charge is 0.476 e. The van der Waals surface area contributed by atoms with Crippen LogP contribution >= 0.6 is 0 Å². The Labute approximate surface area is 108 Å². The first-order valence-electron chi connectivity index (χ1n) is 5.65. The molecule has 0 saturated heterocycles. The zero-order chi connectivity index (χ0) is 13.8. The van der Waals surface area contributed by atoms with Crippen LogP contribution < -0.4 is 5.32 Å². The lowest BCUT2D eigenvalue weighted by molar-refractivity contribution is 0.0690. The third kappa shape index (κ3) is 3.01. The quantitative estimate of drug-likeness (QED) is 0.835. The molecule has 100 valence electrons. The van der Waals surface area contributed by atoms with Crippen molar-refractivity contribution in [1.82, 2.24) is 14.9 Å². The van der Waals surface area contributed by atoms with Gasteiger partial charge in [-0.15, -0.1) is 0 Å². The summed E-state index contributed by atoms with van der Waals surface area (Å²) in [7, 11) is 0. The van der Waals surface area contributed by atoms with Crippen LogP contribution in [0.15, 0.2) is 29.3 Å². The molecule has 0 atom stereocenters. The van der Waals surface area contributed by atoms with Gasteiger partial charge in [-0.1, -0.05) is 0 Å². The van der Waals surface area contributed by atoms with E-state index < -0.39 is 5.97 Å². The number of amides is 1. The number of rotatable bonds is 5. The van der Waals surface area contributed by atoms with Crippen molar-refractivity contribution in [1.29, 1.82) is 0 Å². The second kappa shape index (κ2) is 5.38. The molecule has 0 unspecified atom stereocenters. The van der Waals surface area contributed by atoms with Crippen LogP contribution in [-0.2, 0) is 6.54 Å². The summed E-state index contributed by atoms with van der Waals surface area (Å²) in [6.45, 7) is 2.58. The molecule has 2 heterocycles. The van der Waals surface area contributed by atoms with Gasteiger partial charge < -0.3 is 19.4 Å². The van der Waals surface area contributed by atoms with E-state index in [1.165, 1.54) is 18.8 Å². The van der Waals surface area contributed by atoms with Crippen LogP contribution in [0.2, 0.25) is 0 Å². The van der Waals surface area contributed by atoms with Gasteiger partial charge in [0.2, 0.25) is 0 Å². The Morgan fingerprint density at radius 1 is 1.53 bits per heavy atom. The molecule has 7 nitrogen and oxygen atoms in total. The van der Waals surface area contributed by atoms with Crippen molar-refractivity contribution in [2.45, 2.75) is 13.5 Å². The van der Waals surface area contributed by atoms with Gasteiger partial charge >= 0.3 is 5.97 Å². The Morgan fingerprint density at radius 2 is 2.32 bits per heavy atom. The lowest BCUT2D eigenvalue weighted by Gasteiger charge is -2.04. The molecule has 0 aliphatic rings. The zero-order valence-electron chi connectivity index (χ0n) is 10.3. The predicted octanol–water partition coefficient (Wildman–Crippen LogP) is 0.913. The first-order valence-corrected chi connectivity index (χ1v) is 5.65. The number of carboxylic acid groups (broad SMARTS) is 1. The summed E-state index contributed by atoms with van der Waals surface area (Å²) < 4.78 is 6.65. The number of carboxylic acids is 1. The summed E-state index contributed by atoms with van der Waals surface area (Å²) in [4.78, 5) is 26.0. The Hall–Kier alpha value is -2.57. The first-order chi connectivity index (χ1) is 9.08. The van der Waals surface area contributed by atoms with Crippen LogP contribution in [0.1, 0.15) is 26.6 Å². The molecule has 0 aliphatic heterocycles. The van der Waals surface area contributed by atoms with Crippen LogP contribution in [0.25, 0.3) is 0 Å². The third-order valence-electron chi connectivity index (χ3n) is 2.58. The van der Waals surface area contributed by atoms with Crippen molar-refractivity contribution in [3.63, 3.8) is 0 Å². The van der Waals surface area contributed by atoms with Gasteiger partial charge in [0.1, 0.15) is 0 Å². The number of aromatic carboxylic acids is 1. The summed E-state index contributed by atoms with van der Waals surface area (Å²) in [5, 5.41) is 11.4. The normalized spacial score (nSPS) is 10.4. The lowest BCUT2D eigenvalue weighted by Crippen LogP contribution is -2.27. The highest BCUT2D eigenvalue weighted by Gasteiger charge is 2.12. The molecule has 0 radical (unpaired) electrons. The number of hydrogen-bond donors (Lipinski definition) is 2. The number of imidazole rings is 1. The molecule has 2 aromatic heterocycles. The molecule has 0 aliphatic carbocycles. The van der Waals surface area contributed by atoms with Crippen molar-refractivity contribution >= 4 is 11.9 Å². The highest BCUT2D eigenvalue weighted by Crippen LogP contribution is 2.07. The van der Waals surface area contributed by atoms with Crippen molar-refractivity contribution in [3.05, 3.63) is 41.9 Å². The van der Waals surface area contributed by atoms with Crippen LogP contribution in [0.4, 0.5) is 0 Å². The van der Waals surface area contributed by atoms with E-state index in [1.54, 1.807) is 17.6 Å². The van der Waals surface area contributed by atoms with E-state index in [2.05, 4.69) is 10.3 Å². The molecule has 2 N–H and O–H groups in total. The van der Waals surface area contributed by atoms with Gasteiger partial charge in [-0.2, -0.15) is 0 Å². The fourth-order valence-corrected chi connectivity index (χ4v) is 1.58. The maximum Gasteiger partial charge on any atom is 0.356 e. The Kier molecular flexibility index (Phi) is 3.65. The van der Waals surface area contributed by atoms with Gasteiger partial charge in [-0.25, -0.2) is 9.78 Å². The second-order valence-electron chi connectivity index (χ2n) is 3.99. The van der Waals surface area contributed by atoms with Gasteiger partial charge in [0.25, 0.3) is 5.91 Å². The monoisotopic (exact) mass is 263 g/mol. The second-order valence-corrected chi connectivity index (χ2v) is 3.99. The zero-order valence-corrected chi connectivity index (χ0v) is 10.3. The molecule has 19 heavy (non-hydrogen) atoms. The predicted molar refractivity (Wildman–Crippen MR) is 65.0 cm³/mol. The summed E-state index contributed by atoms with van der Waals surface area (Å²) in [6.07, 6.45) is 4.28. The van der Waals surface area contributed by atoms with Gasteiger partial charge in [0, 0.05) is 24.8 Å². The number of nitrogens with one attached hydrogen (secondary N) is 1. The van der Waals surface area contributed by atoms with Gasteiger partial charge in [0.15, 0.2) is 11.5 Å². The van der Waals surface area contributed by atoms with E-state index in [-0.39, 0.29) is 17.4 Å². The van der Waals surface area contributed by atoms with Gasteiger partial charge in [-0.3, -0.25) is 4.79 Å².